The van der Waals surface area contributed by atoms with Crippen LogP contribution in [0.4, 0.5) is 11.9 Å². The van der Waals surface area contributed by atoms with Gasteiger partial charge in [-0.1, -0.05) is 65.7 Å². The Morgan fingerprint density at radius 3 is 2.24 bits per heavy atom. The quantitative estimate of drug-likeness (QED) is 0.440. The van der Waals surface area contributed by atoms with Crippen molar-refractivity contribution in [1.29, 1.82) is 0 Å². The number of allylic oxidation sites excluding steroid dienone is 3. The first-order valence-electron chi connectivity index (χ1n) is 11.3. The Kier molecular flexibility index (Phi) is 4.88. The van der Waals surface area contributed by atoms with Crippen LogP contribution in [0.25, 0.3) is 5.70 Å². The molecule has 3 aromatic rings. The molecule has 8 heteroatoms. The standard InChI is InChI=1S/C26H22ClN5O2/c1-15-6-8-17(9-7-15)22-14-21(16-10-12-18(27)13-11-16)28-25-29-26(30-32(22)25)31-23(33)19-4-2-3-5-20(19)24(31)34/h2-3,6-14,19-20,22H,4-5H2,1H3,(H,28,29,30)/t19-,20-,22+/m1/s1. The summed E-state index contributed by atoms with van der Waals surface area (Å²) in [6.45, 7) is 2.04. The number of hydrogen-bond acceptors (Lipinski definition) is 5. The molecule has 34 heavy (non-hydrogen) atoms. The van der Waals surface area contributed by atoms with Gasteiger partial charge in [-0.15, -0.1) is 5.10 Å². The number of nitrogens with zero attached hydrogens (tertiary/aromatic N) is 4. The van der Waals surface area contributed by atoms with Crippen LogP contribution in [0.2, 0.25) is 5.02 Å². The summed E-state index contributed by atoms with van der Waals surface area (Å²) < 4.78 is 1.74. The predicted octanol–water partition coefficient (Wildman–Crippen LogP) is 4.75. The number of anilines is 2. The van der Waals surface area contributed by atoms with Crippen molar-refractivity contribution in [3.63, 3.8) is 0 Å². The Labute approximate surface area is 201 Å². The van der Waals surface area contributed by atoms with E-state index in [1.54, 1.807) is 4.68 Å². The molecule has 1 N–H and O–H groups in total. The van der Waals surface area contributed by atoms with Crippen molar-refractivity contribution < 1.29 is 9.59 Å². The van der Waals surface area contributed by atoms with E-state index in [2.05, 4.69) is 45.7 Å². The van der Waals surface area contributed by atoms with E-state index in [9.17, 15) is 9.59 Å². The van der Waals surface area contributed by atoms with Crippen LogP contribution in [0, 0.1) is 18.8 Å². The van der Waals surface area contributed by atoms with Crippen molar-refractivity contribution in [3.05, 3.63) is 88.5 Å². The third-order valence-electron chi connectivity index (χ3n) is 6.74. The number of amides is 2. The molecule has 0 bridgehead atoms. The number of aromatic nitrogens is 3. The predicted molar refractivity (Wildman–Crippen MR) is 130 cm³/mol. The lowest BCUT2D eigenvalue weighted by Gasteiger charge is -2.24. The first kappa shape index (κ1) is 20.9. The number of nitrogens with one attached hydrogen (secondary N) is 1. The molecule has 2 aliphatic heterocycles. The summed E-state index contributed by atoms with van der Waals surface area (Å²) in [4.78, 5) is 32.0. The van der Waals surface area contributed by atoms with Crippen LogP contribution >= 0.6 is 11.6 Å². The number of carbonyl (C=O) groups excluding carboxylic acids is 2. The van der Waals surface area contributed by atoms with Crippen LogP contribution in [0.15, 0.2) is 66.8 Å². The summed E-state index contributed by atoms with van der Waals surface area (Å²) in [7, 11) is 0. The molecule has 0 radical (unpaired) electrons. The first-order chi connectivity index (χ1) is 16.5. The minimum atomic E-state index is -0.332. The van der Waals surface area contributed by atoms with E-state index in [4.69, 9.17) is 11.6 Å². The Balaban J connectivity index is 1.42. The average molecular weight is 472 g/mol. The zero-order chi connectivity index (χ0) is 23.4. The number of benzene rings is 2. The fourth-order valence-corrected chi connectivity index (χ4v) is 5.00. The van der Waals surface area contributed by atoms with Gasteiger partial charge in [-0.25, -0.2) is 9.58 Å². The van der Waals surface area contributed by atoms with Crippen molar-refractivity contribution >= 4 is 41.0 Å². The maximum Gasteiger partial charge on any atom is 0.260 e. The van der Waals surface area contributed by atoms with E-state index in [0.29, 0.717) is 23.8 Å². The molecule has 1 aliphatic carbocycles. The van der Waals surface area contributed by atoms with Gasteiger partial charge in [-0.3, -0.25) is 9.59 Å². The Morgan fingerprint density at radius 2 is 1.59 bits per heavy atom. The van der Waals surface area contributed by atoms with E-state index in [1.807, 2.05) is 43.3 Å². The molecule has 0 saturated carbocycles. The SMILES string of the molecule is Cc1ccc([C@@H]2C=C(c3ccc(Cl)cc3)Nc3nc(N4C(=O)[C@@H]5CC=CC[C@H]5C4=O)nn32)cc1. The van der Waals surface area contributed by atoms with Gasteiger partial charge in [0.1, 0.15) is 6.04 Å². The van der Waals surface area contributed by atoms with E-state index in [1.165, 1.54) is 4.90 Å². The van der Waals surface area contributed by atoms with Gasteiger partial charge in [0.2, 0.25) is 17.8 Å². The minimum Gasteiger partial charge on any atom is -0.324 e. The molecular formula is C26H22ClN5O2. The van der Waals surface area contributed by atoms with Crippen molar-refractivity contribution in [2.24, 2.45) is 11.8 Å². The second kappa shape index (κ2) is 7.95. The highest BCUT2D eigenvalue weighted by atomic mass is 35.5. The second-order valence-corrected chi connectivity index (χ2v) is 9.35. The number of carbonyl (C=O) groups is 2. The fraction of sp³-hybridized carbons (Fsp3) is 0.231. The summed E-state index contributed by atoms with van der Waals surface area (Å²) in [5, 5.41) is 8.64. The molecule has 1 aromatic heterocycles. The Bertz CT molecular complexity index is 1330. The highest BCUT2D eigenvalue weighted by molar-refractivity contribution is 6.30. The number of aryl methyl sites for hydroxylation is 1. The summed E-state index contributed by atoms with van der Waals surface area (Å²) in [5.41, 5.74) is 3.98. The normalized spacial score (nSPS) is 23.4. The number of rotatable bonds is 3. The third kappa shape index (κ3) is 3.35. The Morgan fingerprint density at radius 1 is 0.941 bits per heavy atom. The highest BCUT2D eigenvalue weighted by Crippen LogP contribution is 2.39. The molecule has 6 rings (SSSR count). The Hall–Kier alpha value is -3.71. The summed E-state index contributed by atoms with van der Waals surface area (Å²) in [5.74, 6) is -0.514. The highest BCUT2D eigenvalue weighted by Gasteiger charge is 2.49. The summed E-state index contributed by atoms with van der Waals surface area (Å²) in [6.07, 6.45) is 7.16. The lowest BCUT2D eigenvalue weighted by molar-refractivity contribution is -0.122. The van der Waals surface area contributed by atoms with Crippen LogP contribution in [0.1, 0.15) is 35.6 Å². The molecular weight excluding hydrogens is 450 g/mol. The van der Waals surface area contributed by atoms with Crippen LogP contribution in [-0.4, -0.2) is 26.6 Å². The van der Waals surface area contributed by atoms with Gasteiger partial charge in [-0.2, -0.15) is 4.98 Å². The van der Waals surface area contributed by atoms with Gasteiger partial charge in [0.25, 0.3) is 5.95 Å². The van der Waals surface area contributed by atoms with E-state index in [-0.39, 0.29) is 35.6 Å². The third-order valence-corrected chi connectivity index (χ3v) is 6.99. The molecule has 3 heterocycles. The summed E-state index contributed by atoms with van der Waals surface area (Å²) >= 11 is 6.09. The van der Waals surface area contributed by atoms with E-state index in [0.717, 1.165) is 22.4 Å². The molecule has 0 spiro atoms. The molecule has 0 unspecified atom stereocenters. The van der Waals surface area contributed by atoms with Crippen LogP contribution in [0.5, 0.6) is 0 Å². The van der Waals surface area contributed by atoms with Crippen molar-refractivity contribution in [1.82, 2.24) is 14.8 Å². The van der Waals surface area contributed by atoms with E-state index < -0.39 is 0 Å². The fourth-order valence-electron chi connectivity index (χ4n) is 4.87. The molecule has 3 atom stereocenters. The maximum absolute atomic E-state index is 13.1. The van der Waals surface area contributed by atoms with E-state index >= 15 is 0 Å². The minimum absolute atomic E-state index is 0.120. The second-order valence-electron chi connectivity index (χ2n) is 8.92. The van der Waals surface area contributed by atoms with Gasteiger partial charge in [0, 0.05) is 10.7 Å². The van der Waals surface area contributed by atoms with Crippen molar-refractivity contribution in [2.45, 2.75) is 25.8 Å². The zero-order valence-electron chi connectivity index (χ0n) is 18.5. The molecule has 2 aromatic carbocycles. The monoisotopic (exact) mass is 471 g/mol. The zero-order valence-corrected chi connectivity index (χ0v) is 19.2. The molecule has 2 amide bonds. The number of halogens is 1. The van der Waals surface area contributed by atoms with Gasteiger partial charge >= 0.3 is 0 Å². The van der Waals surface area contributed by atoms with Gasteiger partial charge in [0.05, 0.1) is 11.8 Å². The maximum atomic E-state index is 13.1. The number of hydrogen-bond donors (Lipinski definition) is 1. The average Bonchev–Trinajstić information content (AvgIpc) is 3.38. The lowest BCUT2D eigenvalue weighted by Crippen LogP contribution is -2.32. The van der Waals surface area contributed by atoms with Crippen molar-refractivity contribution in [2.75, 3.05) is 10.2 Å². The first-order valence-corrected chi connectivity index (χ1v) is 11.7. The van der Waals surface area contributed by atoms with Gasteiger partial charge in [0.15, 0.2) is 0 Å². The largest absolute Gasteiger partial charge is 0.324 e. The van der Waals surface area contributed by atoms with Crippen LogP contribution in [0.3, 0.4) is 0 Å². The van der Waals surface area contributed by atoms with Gasteiger partial charge < -0.3 is 5.32 Å². The van der Waals surface area contributed by atoms with Crippen molar-refractivity contribution in [3.8, 4) is 0 Å². The number of fused-ring (bicyclic) bond motifs is 2. The summed E-state index contributed by atoms with van der Waals surface area (Å²) in [6, 6.07) is 15.5. The molecule has 7 nitrogen and oxygen atoms in total. The lowest BCUT2D eigenvalue weighted by atomic mass is 9.85. The van der Waals surface area contributed by atoms with Crippen LogP contribution in [-0.2, 0) is 9.59 Å². The molecule has 170 valence electrons. The number of imide groups is 1. The topological polar surface area (TPSA) is 80.1 Å². The van der Waals surface area contributed by atoms with Crippen LogP contribution < -0.4 is 10.2 Å². The molecule has 1 saturated heterocycles. The smallest absolute Gasteiger partial charge is 0.260 e. The molecule has 1 fully saturated rings. The van der Waals surface area contributed by atoms with Gasteiger partial charge in [-0.05, 0) is 49.1 Å². The molecule has 3 aliphatic rings.